The van der Waals surface area contributed by atoms with Gasteiger partial charge in [-0.2, -0.15) is 0 Å². The number of benzene rings is 1. The third-order valence-corrected chi connectivity index (χ3v) is 2.12. The molecule has 0 bridgehead atoms. The van der Waals surface area contributed by atoms with Crippen molar-refractivity contribution in [1.29, 1.82) is 0 Å². The maximum absolute atomic E-state index is 5.58. The molecule has 78 valence electrons. The van der Waals surface area contributed by atoms with Gasteiger partial charge in [0.05, 0.1) is 5.69 Å². The highest BCUT2D eigenvalue weighted by Crippen LogP contribution is 2.17. The first-order valence-electron chi connectivity index (χ1n) is 4.60. The summed E-state index contributed by atoms with van der Waals surface area (Å²) in [7, 11) is 0. The minimum absolute atomic E-state index is 0. The average molecular weight is 200 g/mol. The fraction of sp³-hybridized carbons (Fsp3) is 0.154. The molecule has 0 saturated heterocycles. The molecule has 0 saturated carbocycles. The van der Waals surface area contributed by atoms with Gasteiger partial charge in [-0.25, -0.2) is 0 Å². The second-order valence-corrected chi connectivity index (χ2v) is 3.12. The van der Waals surface area contributed by atoms with E-state index < -0.39 is 0 Å². The topological polar surface area (TPSA) is 38.9 Å². The normalized spacial score (nSPS) is 9.40. The van der Waals surface area contributed by atoms with Crippen LogP contribution in [0, 0.1) is 0 Å². The SMILES string of the molecule is C.NCc1cccc(-c2ccccn2)c1. The van der Waals surface area contributed by atoms with Crippen molar-refractivity contribution in [2.75, 3.05) is 0 Å². The van der Waals surface area contributed by atoms with Crippen LogP contribution < -0.4 is 5.73 Å². The second-order valence-electron chi connectivity index (χ2n) is 3.12. The number of pyridine rings is 1. The van der Waals surface area contributed by atoms with E-state index in [0.717, 1.165) is 16.8 Å². The highest BCUT2D eigenvalue weighted by atomic mass is 14.7. The fourth-order valence-electron chi connectivity index (χ4n) is 1.39. The summed E-state index contributed by atoms with van der Waals surface area (Å²) >= 11 is 0. The summed E-state index contributed by atoms with van der Waals surface area (Å²) in [5.41, 5.74) is 8.82. The van der Waals surface area contributed by atoms with E-state index >= 15 is 0 Å². The molecule has 2 aromatic rings. The number of hydrogen-bond donors (Lipinski definition) is 1. The van der Waals surface area contributed by atoms with Crippen molar-refractivity contribution >= 4 is 0 Å². The highest BCUT2D eigenvalue weighted by molar-refractivity contribution is 5.59. The summed E-state index contributed by atoms with van der Waals surface area (Å²) in [5, 5.41) is 0. The quantitative estimate of drug-likeness (QED) is 0.809. The van der Waals surface area contributed by atoms with E-state index in [-0.39, 0.29) is 7.43 Å². The van der Waals surface area contributed by atoms with Crippen molar-refractivity contribution in [2.24, 2.45) is 5.73 Å². The fourth-order valence-corrected chi connectivity index (χ4v) is 1.39. The van der Waals surface area contributed by atoms with Gasteiger partial charge in [0.2, 0.25) is 0 Å². The van der Waals surface area contributed by atoms with Crippen LogP contribution in [0.2, 0.25) is 0 Å². The molecular weight excluding hydrogens is 184 g/mol. The van der Waals surface area contributed by atoms with Crippen LogP contribution >= 0.6 is 0 Å². The van der Waals surface area contributed by atoms with Crippen LogP contribution in [0.1, 0.15) is 13.0 Å². The zero-order valence-corrected chi connectivity index (χ0v) is 7.85. The Morgan fingerprint density at radius 2 is 1.93 bits per heavy atom. The standard InChI is InChI=1S/C12H12N2.CH4/c13-9-10-4-3-5-11(8-10)12-6-1-2-7-14-12;/h1-8H,9,13H2;1H4. The third-order valence-electron chi connectivity index (χ3n) is 2.12. The van der Waals surface area contributed by atoms with Gasteiger partial charge >= 0.3 is 0 Å². The lowest BCUT2D eigenvalue weighted by molar-refractivity contribution is 1.07. The lowest BCUT2D eigenvalue weighted by Crippen LogP contribution is -1.95. The van der Waals surface area contributed by atoms with Crippen molar-refractivity contribution in [3.05, 3.63) is 54.2 Å². The minimum atomic E-state index is 0. The van der Waals surface area contributed by atoms with Crippen LogP contribution in [0.25, 0.3) is 11.3 Å². The van der Waals surface area contributed by atoms with Crippen LogP contribution in [-0.4, -0.2) is 4.98 Å². The number of aromatic nitrogens is 1. The number of hydrogen-bond acceptors (Lipinski definition) is 2. The molecule has 15 heavy (non-hydrogen) atoms. The monoisotopic (exact) mass is 200 g/mol. The van der Waals surface area contributed by atoms with Crippen LogP contribution in [0.4, 0.5) is 0 Å². The summed E-state index contributed by atoms with van der Waals surface area (Å²) in [4.78, 5) is 4.28. The zero-order valence-electron chi connectivity index (χ0n) is 7.85. The molecule has 0 radical (unpaired) electrons. The zero-order chi connectivity index (χ0) is 9.80. The molecular formula is C13H16N2. The van der Waals surface area contributed by atoms with E-state index in [4.69, 9.17) is 5.73 Å². The van der Waals surface area contributed by atoms with Crippen molar-refractivity contribution in [3.63, 3.8) is 0 Å². The van der Waals surface area contributed by atoms with Gasteiger partial charge in [0, 0.05) is 18.3 Å². The van der Waals surface area contributed by atoms with E-state index in [0.29, 0.717) is 6.54 Å². The Morgan fingerprint density at radius 1 is 1.07 bits per heavy atom. The van der Waals surface area contributed by atoms with E-state index in [1.807, 2.05) is 36.4 Å². The molecule has 1 heterocycles. The van der Waals surface area contributed by atoms with Crippen molar-refractivity contribution < 1.29 is 0 Å². The Morgan fingerprint density at radius 3 is 2.60 bits per heavy atom. The van der Waals surface area contributed by atoms with E-state index in [1.54, 1.807) is 6.20 Å². The lowest BCUT2D eigenvalue weighted by Gasteiger charge is -2.02. The Bertz CT molecular complexity index is 410. The Balaban J connectivity index is 0.00000112. The van der Waals surface area contributed by atoms with Gasteiger partial charge in [-0.15, -0.1) is 0 Å². The predicted octanol–water partition coefficient (Wildman–Crippen LogP) is 2.84. The van der Waals surface area contributed by atoms with Gasteiger partial charge in [-0.3, -0.25) is 4.98 Å². The molecule has 0 aliphatic rings. The molecule has 0 aliphatic heterocycles. The molecule has 2 heteroatoms. The second kappa shape index (κ2) is 5.27. The molecule has 1 aromatic carbocycles. The van der Waals surface area contributed by atoms with Crippen LogP contribution in [-0.2, 0) is 6.54 Å². The molecule has 0 aliphatic carbocycles. The Kier molecular flexibility index (Phi) is 4.01. The molecule has 0 fully saturated rings. The molecule has 0 amide bonds. The first-order chi connectivity index (χ1) is 6.90. The molecule has 2 rings (SSSR count). The van der Waals surface area contributed by atoms with Crippen molar-refractivity contribution in [3.8, 4) is 11.3 Å². The molecule has 0 unspecified atom stereocenters. The molecule has 2 nitrogen and oxygen atoms in total. The molecule has 0 atom stereocenters. The molecule has 0 spiro atoms. The average Bonchev–Trinajstić information content (AvgIpc) is 2.30. The van der Waals surface area contributed by atoms with Gasteiger partial charge in [0.15, 0.2) is 0 Å². The summed E-state index contributed by atoms with van der Waals surface area (Å²) in [6, 6.07) is 14.0. The smallest absolute Gasteiger partial charge is 0.0702 e. The number of rotatable bonds is 2. The third kappa shape index (κ3) is 2.64. The first kappa shape index (κ1) is 11.4. The largest absolute Gasteiger partial charge is 0.326 e. The Hall–Kier alpha value is -1.67. The van der Waals surface area contributed by atoms with Gasteiger partial charge in [-0.1, -0.05) is 31.7 Å². The minimum Gasteiger partial charge on any atom is -0.326 e. The highest BCUT2D eigenvalue weighted by Gasteiger charge is 1.97. The molecule has 2 N–H and O–H groups in total. The maximum Gasteiger partial charge on any atom is 0.0702 e. The van der Waals surface area contributed by atoms with Gasteiger partial charge in [0.25, 0.3) is 0 Å². The molecule has 1 aromatic heterocycles. The van der Waals surface area contributed by atoms with Crippen LogP contribution in [0.5, 0.6) is 0 Å². The van der Waals surface area contributed by atoms with Crippen molar-refractivity contribution in [1.82, 2.24) is 4.98 Å². The van der Waals surface area contributed by atoms with E-state index in [1.165, 1.54) is 0 Å². The first-order valence-corrected chi connectivity index (χ1v) is 4.60. The summed E-state index contributed by atoms with van der Waals surface area (Å²) < 4.78 is 0. The maximum atomic E-state index is 5.58. The number of nitrogens with zero attached hydrogens (tertiary/aromatic N) is 1. The van der Waals surface area contributed by atoms with Gasteiger partial charge in [0.1, 0.15) is 0 Å². The van der Waals surface area contributed by atoms with Gasteiger partial charge in [-0.05, 0) is 23.8 Å². The summed E-state index contributed by atoms with van der Waals surface area (Å²) in [6.45, 7) is 0.570. The summed E-state index contributed by atoms with van der Waals surface area (Å²) in [6.07, 6.45) is 1.80. The Labute approximate surface area is 90.8 Å². The van der Waals surface area contributed by atoms with Gasteiger partial charge < -0.3 is 5.73 Å². The van der Waals surface area contributed by atoms with E-state index in [2.05, 4.69) is 11.1 Å². The van der Waals surface area contributed by atoms with E-state index in [9.17, 15) is 0 Å². The number of nitrogens with two attached hydrogens (primary N) is 1. The van der Waals surface area contributed by atoms with Crippen LogP contribution in [0.3, 0.4) is 0 Å². The van der Waals surface area contributed by atoms with Crippen LogP contribution in [0.15, 0.2) is 48.7 Å². The van der Waals surface area contributed by atoms with Crippen molar-refractivity contribution in [2.45, 2.75) is 14.0 Å². The predicted molar refractivity (Wildman–Crippen MR) is 64.3 cm³/mol. The summed E-state index contributed by atoms with van der Waals surface area (Å²) in [5.74, 6) is 0. The lowest BCUT2D eigenvalue weighted by atomic mass is 10.1.